The molecular formula is C63H82N11O16S+. The van der Waals surface area contributed by atoms with Crippen molar-refractivity contribution in [2.75, 3.05) is 90.5 Å². The predicted octanol–water partition coefficient (Wildman–Crippen LogP) is 8.61. The number of likely N-dealkylation sites (N-methyl/N-ethyl adjacent to an activating group) is 1. The summed E-state index contributed by atoms with van der Waals surface area (Å²) in [5.74, 6) is -1.79. The van der Waals surface area contributed by atoms with Crippen molar-refractivity contribution in [3.05, 3.63) is 164 Å². The van der Waals surface area contributed by atoms with Gasteiger partial charge in [-0.25, -0.2) is 9.59 Å². The van der Waals surface area contributed by atoms with Gasteiger partial charge in [0.05, 0.1) is 31.8 Å². The second-order valence-corrected chi connectivity index (χ2v) is 22.0. The van der Waals surface area contributed by atoms with Crippen LogP contribution in [0.5, 0.6) is 11.5 Å². The van der Waals surface area contributed by atoms with Crippen molar-refractivity contribution < 1.29 is 79.8 Å². The van der Waals surface area contributed by atoms with Gasteiger partial charge in [0, 0.05) is 101 Å². The number of carbonyl (C=O) groups is 5. The number of carboxylic acid groups (broad SMARTS) is 2. The molecule has 28 heteroatoms. The number of aryl methyl sites for hydroxylation is 1. The lowest BCUT2D eigenvalue weighted by atomic mass is 9.80. The monoisotopic (exact) mass is 1280 g/mol. The fraction of sp³-hybridized carbons (Fsp3) is 0.460. The molecule has 4 aromatic carbocycles. The number of nitrogens with zero attached hydrogens (tertiary/aromatic N) is 8. The number of para-hydroxylation sites is 1. The minimum Gasteiger partial charge on any atom is -0.491 e. The molecule has 6 rings (SSSR count). The molecule has 2 unspecified atom stereocenters. The number of amides is 2. The Morgan fingerprint density at radius 1 is 0.703 bits per heavy atom. The Morgan fingerprint density at radius 3 is 1.79 bits per heavy atom. The summed E-state index contributed by atoms with van der Waals surface area (Å²) in [5, 5.41) is 29.6. The normalized spacial score (nSPS) is 14.2. The minimum atomic E-state index is -3.11. The van der Waals surface area contributed by atoms with Crippen LogP contribution >= 0.6 is 0 Å². The largest absolute Gasteiger partial charge is 0.491 e. The summed E-state index contributed by atoms with van der Waals surface area (Å²) >= 11 is 0. The molecule has 0 radical (unpaired) electrons. The average Bonchev–Trinajstić information content (AvgIpc) is 1.61. The van der Waals surface area contributed by atoms with E-state index in [1.807, 2.05) is 0 Å². The van der Waals surface area contributed by atoms with E-state index in [4.69, 9.17) is 68.1 Å². The zero-order valence-corrected chi connectivity index (χ0v) is 53.0. The minimum absolute atomic E-state index is 0.00297. The third kappa shape index (κ3) is 25.1. The molecule has 2 aliphatic rings. The number of hydrogen-bond acceptors (Lipinski definition) is 18. The van der Waals surface area contributed by atoms with Gasteiger partial charge in [-0.2, -0.15) is 4.58 Å². The molecule has 2 aliphatic heterocycles. The molecule has 91 heavy (non-hydrogen) atoms. The van der Waals surface area contributed by atoms with Crippen LogP contribution in [0, 0.1) is 6.92 Å². The van der Waals surface area contributed by atoms with Crippen molar-refractivity contribution in [1.82, 2.24) is 10.6 Å². The van der Waals surface area contributed by atoms with Gasteiger partial charge in [0.15, 0.2) is 18.2 Å². The summed E-state index contributed by atoms with van der Waals surface area (Å²) in [7, 11) is -3.11. The van der Waals surface area contributed by atoms with Crippen LogP contribution in [0.1, 0.15) is 111 Å². The van der Waals surface area contributed by atoms with Crippen LogP contribution in [0.2, 0.25) is 0 Å². The smallest absolute Gasteiger partial charge is 0.425 e. The molecule has 2 atom stereocenters. The van der Waals surface area contributed by atoms with Gasteiger partial charge in [-0.3, -0.25) is 14.4 Å². The zero-order chi connectivity index (χ0) is 66.8. The van der Waals surface area contributed by atoms with Gasteiger partial charge in [0.2, 0.25) is 5.69 Å². The quantitative estimate of drug-likeness (QED) is 0.00927. The number of aliphatic carboxylic acids is 2. The van der Waals surface area contributed by atoms with E-state index in [0.717, 1.165) is 32.4 Å². The Bertz CT molecular complexity index is 3410. The molecule has 2 amide bonds. The number of Topliss-reactive ketones (excluding diaryl/α,β-unsaturated/α-hetero) is 1. The van der Waals surface area contributed by atoms with Crippen molar-refractivity contribution >= 4 is 57.2 Å². The van der Waals surface area contributed by atoms with Crippen molar-refractivity contribution in [2.24, 2.45) is 16.0 Å². The standard InChI is InChI=1S/C48H60N6O7.C15H21N5O6.O3S/c1-7-53-40-21-11-10-20-38(40)47(3,4)42(53)22-14-23-43-48(5,6)39-30-34(2)24-25-41(39)54(43)27-12-8-9-17-36(55)18-15-26-50-46(58)35-16-13-19-37(31-35)61-32-44(51-52-49)60-29-28-59-33-45(56)57;16-4-5-18-15(23)11-2-1-3-12(8-11)26-9-13(19-20-17)25-7-6-24-10-14(21)22;1-4(2)3/h10-11,13-14,16,19-25,30-31,44H,7-9,12,15,17-18,26-29,32-33H2,1-6H3,(H-,50,56,57,58);1-3,8,13H,4-7,9-10,16H2,(H,18,23)(H,21,22);/p+1. The highest BCUT2D eigenvalue weighted by molar-refractivity contribution is 7.59. The van der Waals surface area contributed by atoms with E-state index in [9.17, 15) is 24.0 Å². The second-order valence-electron chi connectivity index (χ2n) is 21.6. The fourth-order valence-electron chi connectivity index (χ4n) is 9.95. The SMILES string of the molecule is CCN1/C(=C/C=C/C2=[N+](CCCCCC(=O)CCCNC(=O)c3cccc(OCC(N=[N+]=[N-])OCCOCC(=O)O)c3)c3ccc(C)cc3C2(C)C)C(C)(C)c2ccccc21.O=S(=O)=O.[N-]=[N+]=NC(COc1cccc(C(=O)NCCN)c1)OCCOCC(=O)O. The Morgan fingerprint density at radius 2 is 1.25 bits per heavy atom. The maximum Gasteiger partial charge on any atom is 0.425 e. The van der Waals surface area contributed by atoms with Crippen LogP contribution in [0.25, 0.3) is 20.9 Å². The molecule has 0 bridgehead atoms. The van der Waals surface area contributed by atoms with Crippen molar-refractivity contribution in [1.29, 1.82) is 0 Å². The zero-order valence-electron chi connectivity index (χ0n) is 52.2. The first-order valence-corrected chi connectivity index (χ1v) is 30.5. The number of carbonyl (C=O) groups excluding carboxylic acids is 3. The van der Waals surface area contributed by atoms with E-state index >= 15 is 0 Å². The van der Waals surface area contributed by atoms with Gasteiger partial charge in [-0.05, 0) is 118 Å². The number of nitrogens with two attached hydrogens (primary N) is 1. The number of azide groups is 2. The van der Waals surface area contributed by atoms with E-state index in [1.165, 1.54) is 45.5 Å². The van der Waals surface area contributed by atoms with E-state index in [1.54, 1.807) is 42.5 Å². The van der Waals surface area contributed by atoms with Crippen LogP contribution in [0.15, 0.2) is 125 Å². The maximum atomic E-state index is 12.8. The van der Waals surface area contributed by atoms with Crippen LogP contribution in [-0.2, 0) is 54.8 Å². The first-order valence-electron chi connectivity index (χ1n) is 29.5. The molecule has 0 aromatic heterocycles. The number of anilines is 1. The maximum absolute atomic E-state index is 12.8. The Labute approximate surface area is 530 Å². The number of allylic oxidation sites excluding steroid dienone is 4. The van der Waals surface area contributed by atoms with Crippen LogP contribution in [0.4, 0.5) is 11.4 Å². The predicted molar refractivity (Wildman–Crippen MR) is 338 cm³/mol. The number of hydrogen-bond donors (Lipinski definition) is 5. The summed E-state index contributed by atoms with van der Waals surface area (Å²) in [5.41, 5.74) is 32.3. The Hall–Kier alpha value is -8.98. The number of rotatable bonds is 37. The lowest BCUT2D eigenvalue weighted by Gasteiger charge is -2.25. The topological polar surface area (TPSA) is 386 Å². The van der Waals surface area contributed by atoms with Gasteiger partial charge in [-0.15, -0.1) is 12.6 Å². The summed E-state index contributed by atoms with van der Waals surface area (Å²) in [6.45, 7) is 15.4. The Kier molecular flexibility index (Phi) is 32.1. The van der Waals surface area contributed by atoms with E-state index in [-0.39, 0.29) is 68.1 Å². The van der Waals surface area contributed by atoms with Crippen molar-refractivity contribution in [2.45, 2.75) is 103 Å². The van der Waals surface area contributed by atoms with E-state index < -0.39 is 48.2 Å². The Balaban J connectivity index is 0.000000489. The molecule has 6 N–H and O–H groups in total. The van der Waals surface area contributed by atoms with Crippen molar-refractivity contribution in [3.8, 4) is 11.5 Å². The molecular weight excluding hydrogens is 1200 g/mol. The lowest BCUT2D eigenvalue weighted by Crippen LogP contribution is -2.29. The van der Waals surface area contributed by atoms with E-state index in [2.05, 4.69) is 142 Å². The summed E-state index contributed by atoms with van der Waals surface area (Å²) in [4.78, 5) is 66.2. The first kappa shape index (κ1) is 74.5. The van der Waals surface area contributed by atoms with Gasteiger partial charge in [0.25, 0.3) is 11.8 Å². The van der Waals surface area contributed by atoms with Crippen LogP contribution in [0.3, 0.4) is 0 Å². The highest BCUT2D eigenvalue weighted by Gasteiger charge is 2.44. The average molecular weight is 1280 g/mol. The number of nitrogens with one attached hydrogen (secondary N) is 2. The number of ketones is 1. The number of benzene rings is 4. The van der Waals surface area contributed by atoms with Gasteiger partial charge >= 0.3 is 22.5 Å². The van der Waals surface area contributed by atoms with Crippen LogP contribution in [-0.4, -0.2) is 161 Å². The summed E-state index contributed by atoms with van der Waals surface area (Å²) < 4.78 is 59.3. The fourth-order valence-corrected chi connectivity index (χ4v) is 9.95. The molecule has 0 saturated heterocycles. The first-order chi connectivity index (χ1) is 43.6. The highest BCUT2D eigenvalue weighted by Crippen LogP contribution is 2.47. The highest BCUT2D eigenvalue weighted by atomic mass is 32.2. The summed E-state index contributed by atoms with van der Waals surface area (Å²) in [6, 6.07) is 28.5. The van der Waals surface area contributed by atoms with Crippen molar-refractivity contribution in [3.63, 3.8) is 0 Å². The lowest BCUT2D eigenvalue weighted by molar-refractivity contribution is -0.438. The number of ether oxygens (including phenoxy) is 6. The number of carboxylic acids is 2. The molecule has 490 valence electrons. The third-order valence-electron chi connectivity index (χ3n) is 14.2. The van der Waals surface area contributed by atoms with Gasteiger partial charge < -0.3 is 59.9 Å². The molecule has 0 aliphatic carbocycles. The number of fused-ring (bicyclic) bond motifs is 2. The van der Waals surface area contributed by atoms with Gasteiger partial charge in [0.1, 0.15) is 50.3 Å². The van der Waals surface area contributed by atoms with Crippen LogP contribution < -0.4 is 30.7 Å². The van der Waals surface area contributed by atoms with E-state index in [0.29, 0.717) is 61.5 Å². The number of unbranched alkanes of at least 4 members (excludes halogenated alkanes) is 2. The molecule has 4 aromatic rings. The molecule has 2 heterocycles. The molecule has 0 spiro atoms. The molecule has 0 fully saturated rings. The second kappa shape index (κ2) is 39.2. The molecule has 27 nitrogen and oxygen atoms in total. The summed E-state index contributed by atoms with van der Waals surface area (Å²) in [6.07, 6.45) is 9.10. The molecule has 0 saturated carbocycles. The third-order valence-corrected chi connectivity index (χ3v) is 14.2. The van der Waals surface area contributed by atoms with Gasteiger partial charge in [-0.1, -0.05) is 72.1 Å².